The summed E-state index contributed by atoms with van der Waals surface area (Å²) >= 11 is 0. The number of fused-ring (bicyclic) bond motifs is 1. The van der Waals surface area contributed by atoms with Crippen molar-refractivity contribution in [3.63, 3.8) is 0 Å². The molecule has 0 radical (unpaired) electrons. The minimum atomic E-state index is -0.0497. The van der Waals surface area contributed by atoms with Gasteiger partial charge in [0.05, 0.1) is 18.1 Å². The number of methoxy groups -OCH3 is 1. The molecule has 3 aliphatic rings. The van der Waals surface area contributed by atoms with Crippen LogP contribution in [0.2, 0.25) is 0 Å². The monoisotopic (exact) mass is 219 g/mol. The van der Waals surface area contributed by atoms with E-state index in [-0.39, 0.29) is 21.8 Å². The molecule has 4 atom stereocenters. The maximum Gasteiger partial charge on any atom is 0.191 e. The van der Waals surface area contributed by atoms with Crippen molar-refractivity contribution in [3.8, 4) is 0 Å². The summed E-state index contributed by atoms with van der Waals surface area (Å²) in [5.41, 5.74) is 3.48. The van der Waals surface area contributed by atoms with Crippen LogP contribution >= 0.6 is 0 Å². The first-order valence-corrected chi connectivity index (χ1v) is 6.06. The molecule has 0 aromatic heterocycles. The van der Waals surface area contributed by atoms with Crippen molar-refractivity contribution in [2.24, 2.45) is 21.2 Å². The molecule has 1 heterocycles. The summed E-state index contributed by atoms with van der Waals surface area (Å²) in [6, 6.07) is 0. The summed E-state index contributed by atoms with van der Waals surface area (Å²) < 4.78 is 5.56. The van der Waals surface area contributed by atoms with Gasteiger partial charge in [-0.15, -0.1) is 0 Å². The topological polar surface area (TPSA) is 21.6 Å². The zero-order chi connectivity index (χ0) is 12.1. The van der Waals surface area contributed by atoms with E-state index in [2.05, 4.69) is 41.5 Å². The highest BCUT2D eigenvalue weighted by Crippen LogP contribution is 2.92. The summed E-state index contributed by atoms with van der Waals surface area (Å²) in [5, 5.41) is 0. The Hall–Kier alpha value is -0.790. The van der Waals surface area contributed by atoms with Gasteiger partial charge < -0.3 is 4.74 Å². The van der Waals surface area contributed by atoms with Crippen LogP contribution in [0.4, 0.5) is 0 Å². The van der Waals surface area contributed by atoms with Crippen LogP contribution in [-0.2, 0) is 4.74 Å². The van der Waals surface area contributed by atoms with Gasteiger partial charge in [0.2, 0.25) is 0 Å². The second kappa shape index (κ2) is 2.12. The molecular formula is C14H21NO. The van der Waals surface area contributed by atoms with Crippen molar-refractivity contribution in [1.29, 1.82) is 0 Å². The summed E-state index contributed by atoms with van der Waals surface area (Å²) in [6.45, 7) is 13.9. The third-order valence-electron chi connectivity index (χ3n) is 6.90. The van der Waals surface area contributed by atoms with Gasteiger partial charge in [0.15, 0.2) is 5.90 Å². The summed E-state index contributed by atoms with van der Waals surface area (Å²) in [6.07, 6.45) is 0. The fraction of sp³-hybridized carbons (Fsp3) is 0.786. The molecule has 2 aliphatic carbocycles. The third-order valence-corrected chi connectivity index (χ3v) is 6.90. The Morgan fingerprint density at radius 3 is 1.88 bits per heavy atom. The first kappa shape index (κ1) is 10.4. The lowest BCUT2D eigenvalue weighted by Gasteiger charge is -2.28. The molecule has 1 saturated carbocycles. The largest absolute Gasteiger partial charge is 0.484 e. The third kappa shape index (κ3) is 0.509. The molecule has 0 aromatic rings. The van der Waals surface area contributed by atoms with E-state index < -0.39 is 0 Å². The fourth-order valence-corrected chi connectivity index (χ4v) is 5.15. The van der Waals surface area contributed by atoms with Crippen LogP contribution < -0.4 is 0 Å². The summed E-state index contributed by atoms with van der Waals surface area (Å²) in [4.78, 5) is 4.89. The number of ether oxygens (including phenoxy) is 1. The Balaban J connectivity index is 2.34. The highest BCUT2D eigenvalue weighted by Gasteiger charge is 2.94. The van der Waals surface area contributed by atoms with Crippen molar-refractivity contribution in [1.82, 2.24) is 0 Å². The van der Waals surface area contributed by atoms with Gasteiger partial charge in [-0.3, -0.25) is 0 Å². The first-order chi connectivity index (χ1) is 7.23. The SMILES string of the molecule is COC1=N[C@]2(C)C(C)=C(C)[C@]3(C)[C@]1(C)[C@@]32C. The van der Waals surface area contributed by atoms with Gasteiger partial charge in [-0.05, 0) is 33.3 Å². The van der Waals surface area contributed by atoms with Crippen LogP contribution in [0, 0.1) is 16.2 Å². The molecule has 2 heteroatoms. The average Bonchev–Trinajstić information content (AvgIpc) is 2.53. The Morgan fingerprint density at radius 1 is 0.938 bits per heavy atom. The Kier molecular flexibility index (Phi) is 1.37. The standard InChI is InChI=1S/C14H21NO/c1-8-9(2)13(5)14(6)11(8,3)12(14,4)10(15-13)16-7/h1-7H3/t11-,12-,13-,14-/m1/s1. The zero-order valence-corrected chi connectivity index (χ0v) is 11.4. The molecule has 0 spiro atoms. The van der Waals surface area contributed by atoms with Crippen LogP contribution in [0.25, 0.3) is 0 Å². The lowest BCUT2D eigenvalue weighted by atomic mass is 9.78. The molecule has 0 unspecified atom stereocenters. The number of allylic oxidation sites excluding steroid dienone is 1. The number of aliphatic imine (C=N–C) groups is 1. The maximum absolute atomic E-state index is 5.56. The van der Waals surface area contributed by atoms with Crippen molar-refractivity contribution in [2.45, 2.75) is 47.1 Å². The van der Waals surface area contributed by atoms with Gasteiger partial charge >= 0.3 is 0 Å². The van der Waals surface area contributed by atoms with Crippen molar-refractivity contribution in [2.75, 3.05) is 7.11 Å². The maximum atomic E-state index is 5.56. The molecule has 1 fully saturated rings. The van der Waals surface area contributed by atoms with E-state index in [1.165, 1.54) is 11.1 Å². The Bertz CT molecular complexity index is 477. The molecule has 0 N–H and O–H groups in total. The molecule has 0 bridgehead atoms. The molecule has 16 heavy (non-hydrogen) atoms. The molecule has 88 valence electrons. The van der Waals surface area contributed by atoms with E-state index in [0.29, 0.717) is 0 Å². The lowest BCUT2D eigenvalue weighted by Crippen LogP contribution is -2.32. The summed E-state index contributed by atoms with van der Waals surface area (Å²) in [7, 11) is 1.75. The lowest BCUT2D eigenvalue weighted by molar-refractivity contribution is 0.317. The van der Waals surface area contributed by atoms with Gasteiger partial charge in [-0.1, -0.05) is 19.4 Å². The van der Waals surface area contributed by atoms with Crippen molar-refractivity contribution < 1.29 is 4.74 Å². The van der Waals surface area contributed by atoms with E-state index in [1.807, 2.05) is 0 Å². The van der Waals surface area contributed by atoms with Crippen LogP contribution in [0.5, 0.6) is 0 Å². The average molecular weight is 219 g/mol. The van der Waals surface area contributed by atoms with E-state index in [1.54, 1.807) is 7.11 Å². The van der Waals surface area contributed by atoms with Crippen LogP contribution in [-0.4, -0.2) is 18.5 Å². The van der Waals surface area contributed by atoms with Crippen molar-refractivity contribution in [3.05, 3.63) is 11.1 Å². The van der Waals surface area contributed by atoms with Crippen molar-refractivity contribution >= 4 is 5.90 Å². The highest BCUT2D eigenvalue weighted by molar-refractivity contribution is 5.96. The second-order valence-electron chi connectivity index (χ2n) is 6.32. The fourth-order valence-electron chi connectivity index (χ4n) is 5.15. The van der Waals surface area contributed by atoms with E-state index in [9.17, 15) is 0 Å². The zero-order valence-electron chi connectivity index (χ0n) is 11.4. The van der Waals surface area contributed by atoms with Crippen LogP contribution in [0.1, 0.15) is 41.5 Å². The first-order valence-electron chi connectivity index (χ1n) is 6.06. The quantitative estimate of drug-likeness (QED) is 0.573. The van der Waals surface area contributed by atoms with Gasteiger partial charge in [-0.2, -0.15) is 0 Å². The van der Waals surface area contributed by atoms with E-state index in [0.717, 1.165) is 5.90 Å². The van der Waals surface area contributed by atoms with E-state index in [4.69, 9.17) is 9.73 Å². The summed E-state index contributed by atoms with van der Waals surface area (Å²) in [5.74, 6) is 0.955. The number of nitrogens with zero attached hydrogens (tertiary/aromatic N) is 1. The molecular weight excluding hydrogens is 198 g/mol. The van der Waals surface area contributed by atoms with Gasteiger partial charge in [0.25, 0.3) is 0 Å². The Morgan fingerprint density at radius 2 is 1.50 bits per heavy atom. The molecule has 1 aliphatic heterocycles. The minimum Gasteiger partial charge on any atom is -0.484 e. The van der Waals surface area contributed by atoms with Crippen LogP contribution in [0.3, 0.4) is 0 Å². The van der Waals surface area contributed by atoms with Gasteiger partial charge in [-0.25, -0.2) is 4.99 Å². The highest BCUT2D eigenvalue weighted by atomic mass is 16.5. The second-order valence-corrected chi connectivity index (χ2v) is 6.32. The molecule has 0 amide bonds. The number of rotatable bonds is 0. The predicted octanol–water partition coefficient (Wildman–Crippen LogP) is 3.19. The van der Waals surface area contributed by atoms with Gasteiger partial charge in [0.1, 0.15) is 0 Å². The van der Waals surface area contributed by atoms with Gasteiger partial charge in [0, 0.05) is 10.8 Å². The molecule has 0 aromatic carbocycles. The van der Waals surface area contributed by atoms with E-state index >= 15 is 0 Å². The minimum absolute atomic E-state index is 0.0497. The number of hydrogen-bond donors (Lipinski definition) is 0. The Labute approximate surface area is 97.8 Å². The predicted molar refractivity (Wildman–Crippen MR) is 65.5 cm³/mol. The number of hydrogen-bond acceptors (Lipinski definition) is 2. The molecule has 0 saturated heterocycles. The van der Waals surface area contributed by atoms with Crippen LogP contribution in [0.15, 0.2) is 16.1 Å². The molecule has 3 rings (SSSR count). The smallest absolute Gasteiger partial charge is 0.191 e. The molecule has 2 nitrogen and oxygen atoms in total. The normalized spacial score (nSPS) is 57.6.